The lowest BCUT2D eigenvalue weighted by Crippen LogP contribution is -2.06. The topological polar surface area (TPSA) is 127 Å². The van der Waals surface area contributed by atoms with Crippen molar-refractivity contribution in [3.8, 4) is 18.2 Å². The minimum atomic E-state index is -0.595. The number of nitriles is 3. The van der Waals surface area contributed by atoms with Crippen LogP contribution >= 0.6 is 0 Å². The Hall–Kier alpha value is -3.37. The van der Waals surface area contributed by atoms with Crippen molar-refractivity contribution in [3.63, 3.8) is 0 Å². The third kappa shape index (κ3) is 2.72. The third-order valence-corrected chi connectivity index (χ3v) is 2.75. The first-order valence-electron chi connectivity index (χ1n) is 5.42. The summed E-state index contributed by atoms with van der Waals surface area (Å²) in [7, 11) is 0. The van der Waals surface area contributed by atoms with Crippen molar-refractivity contribution in [2.24, 2.45) is 0 Å². The van der Waals surface area contributed by atoms with Gasteiger partial charge in [-0.05, 0) is 25.0 Å². The van der Waals surface area contributed by atoms with E-state index in [9.17, 15) is 10.1 Å². The summed E-state index contributed by atoms with van der Waals surface area (Å²) in [6, 6.07) is 7.70. The molecule has 0 unspecified atom stereocenters. The van der Waals surface area contributed by atoms with Crippen molar-refractivity contribution in [2.45, 2.75) is 13.8 Å². The van der Waals surface area contributed by atoms with Gasteiger partial charge in [-0.15, -0.1) is 0 Å². The standard InChI is InChI=1S/C13H9N5O2/c1-8-3-4-12(18(19)20)13(9(8)2)17-11(7-16)10(5-14)6-15/h3-4,17H,1-2H3. The van der Waals surface area contributed by atoms with Gasteiger partial charge in [0.05, 0.1) is 4.92 Å². The Kier molecular flexibility index (Phi) is 4.40. The van der Waals surface area contributed by atoms with Gasteiger partial charge < -0.3 is 5.32 Å². The van der Waals surface area contributed by atoms with Gasteiger partial charge in [-0.2, -0.15) is 15.8 Å². The van der Waals surface area contributed by atoms with Crippen LogP contribution in [0.25, 0.3) is 0 Å². The van der Waals surface area contributed by atoms with Crippen molar-refractivity contribution < 1.29 is 4.92 Å². The van der Waals surface area contributed by atoms with Crippen molar-refractivity contribution in [3.05, 3.63) is 44.6 Å². The molecule has 1 aromatic carbocycles. The highest BCUT2D eigenvalue weighted by molar-refractivity contribution is 5.72. The predicted octanol–water partition coefficient (Wildman–Crippen LogP) is 2.45. The number of nitrogens with one attached hydrogen (secondary N) is 1. The molecule has 0 spiro atoms. The molecule has 7 nitrogen and oxygen atoms in total. The van der Waals surface area contributed by atoms with Crippen molar-refractivity contribution >= 4 is 11.4 Å². The molecule has 0 aliphatic rings. The highest BCUT2D eigenvalue weighted by atomic mass is 16.6. The van der Waals surface area contributed by atoms with Gasteiger partial charge in [0, 0.05) is 6.07 Å². The number of hydrogen-bond donors (Lipinski definition) is 1. The number of hydrogen-bond acceptors (Lipinski definition) is 6. The Balaban J connectivity index is 3.50. The first kappa shape index (κ1) is 14.7. The summed E-state index contributed by atoms with van der Waals surface area (Å²) in [5.41, 5.74) is 0.494. The number of anilines is 1. The van der Waals surface area contributed by atoms with Crippen LogP contribution in [0.2, 0.25) is 0 Å². The molecular formula is C13H9N5O2. The molecular weight excluding hydrogens is 258 g/mol. The van der Waals surface area contributed by atoms with Gasteiger partial charge in [0.25, 0.3) is 5.69 Å². The molecule has 0 fully saturated rings. The molecule has 7 heteroatoms. The van der Waals surface area contributed by atoms with E-state index in [1.165, 1.54) is 6.07 Å². The van der Waals surface area contributed by atoms with Crippen LogP contribution in [-0.2, 0) is 0 Å². The molecule has 0 aliphatic heterocycles. The molecule has 0 heterocycles. The van der Waals surface area contributed by atoms with Crippen molar-refractivity contribution in [1.82, 2.24) is 0 Å². The number of nitro benzene ring substituents is 1. The van der Waals surface area contributed by atoms with Crippen molar-refractivity contribution in [2.75, 3.05) is 5.32 Å². The number of benzene rings is 1. The fraction of sp³-hybridized carbons (Fsp3) is 0.154. The first-order chi connectivity index (χ1) is 9.46. The molecule has 0 amide bonds. The van der Waals surface area contributed by atoms with E-state index < -0.39 is 10.5 Å². The quantitative estimate of drug-likeness (QED) is 0.509. The van der Waals surface area contributed by atoms with E-state index in [-0.39, 0.29) is 17.1 Å². The zero-order chi connectivity index (χ0) is 15.3. The SMILES string of the molecule is Cc1ccc([N+](=O)[O-])c(NC(C#N)=C(C#N)C#N)c1C. The Morgan fingerprint density at radius 2 is 1.80 bits per heavy atom. The summed E-state index contributed by atoms with van der Waals surface area (Å²) in [6.45, 7) is 3.41. The summed E-state index contributed by atoms with van der Waals surface area (Å²) in [6.07, 6.45) is 0. The lowest BCUT2D eigenvalue weighted by Gasteiger charge is -2.11. The molecule has 98 valence electrons. The largest absolute Gasteiger partial charge is 0.339 e. The minimum Gasteiger partial charge on any atom is -0.339 e. The molecule has 0 atom stereocenters. The van der Waals surface area contributed by atoms with Crippen LogP contribution in [-0.4, -0.2) is 4.92 Å². The predicted molar refractivity (Wildman–Crippen MR) is 70.1 cm³/mol. The second-order valence-corrected chi connectivity index (χ2v) is 3.87. The van der Waals surface area contributed by atoms with Crippen LogP contribution in [0, 0.1) is 58.0 Å². The molecule has 20 heavy (non-hydrogen) atoms. The van der Waals surface area contributed by atoms with E-state index in [2.05, 4.69) is 5.32 Å². The summed E-state index contributed by atoms with van der Waals surface area (Å²) < 4.78 is 0. The lowest BCUT2D eigenvalue weighted by atomic mass is 10.1. The van der Waals surface area contributed by atoms with E-state index in [0.717, 1.165) is 5.56 Å². The highest BCUT2D eigenvalue weighted by Gasteiger charge is 2.19. The van der Waals surface area contributed by atoms with E-state index in [4.69, 9.17) is 15.8 Å². The van der Waals surface area contributed by atoms with Gasteiger partial charge in [0.2, 0.25) is 0 Å². The number of aryl methyl sites for hydroxylation is 1. The molecule has 0 saturated heterocycles. The van der Waals surface area contributed by atoms with E-state index in [1.54, 1.807) is 38.1 Å². The van der Waals surface area contributed by atoms with Crippen LogP contribution in [0.4, 0.5) is 11.4 Å². The second-order valence-electron chi connectivity index (χ2n) is 3.87. The molecule has 1 N–H and O–H groups in total. The number of nitrogens with zero attached hydrogens (tertiary/aromatic N) is 4. The maximum atomic E-state index is 11.0. The van der Waals surface area contributed by atoms with Gasteiger partial charge >= 0.3 is 0 Å². The summed E-state index contributed by atoms with van der Waals surface area (Å²) >= 11 is 0. The smallest absolute Gasteiger partial charge is 0.292 e. The zero-order valence-electron chi connectivity index (χ0n) is 10.8. The van der Waals surface area contributed by atoms with E-state index in [0.29, 0.717) is 5.56 Å². The first-order valence-corrected chi connectivity index (χ1v) is 5.42. The number of nitro groups is 1. The van der Waals surface area contributed by atoms with Gasteiger partial charge in [0.15, 0.2) is 5.57 Å². The van der Waals surface area contributed by atoms with Crippen LogP contribution in [0.1, 0.15) is 11.1 Å². The van der Waals surface area contributed by atoms with Gasteiger partial charge in [-0.25, -0.2) is 0 Å². The third-order valence-electron chi connectivity index (χ3n) is 2.75. The molecule has 0 saturated carbocycles. The fourth-order valence-corrected chi connectivity index (χ4v) is 1.52. The zero-order valence-corrected chi connectivity index (χ0v) is 10.8. The van der Waals surface area contributed by atoms with Gasteiger partial charge in [-0.1, -0.05) is 6.07 Å². The summed E-state index contributed by atoms with van der Waals surface area (Å²) in [5, 5.41) is 40.0. The second kappa shape index (κ2) is 5.99. The molecule has 1 rings (SSSR count). The fourth-order valence-electron chi connectivity index (χ4n) is 1.52. The van der Waals surface area contributed by atoms with E-state index in [1.807, 2.05) is 0 Å². The average molecular weight is 267 g/mol. The minimum absolute atomic E-state index is 0.106. The van der Waals surface area contributed by atoms with Crippen LogP contribution in [0.5, 0.6) is 0 Å². The Labute approximate surface area is 115 Å². The molecule has 1 aromatic rings. The Morgan fingerprint density at radius 3 is 2.25 bits per heavy atom. The van der Waals surface area contributed by atoms with Crippen LogP contribution < -0.4 is 5.32 Å². The number of allylic oxidation sites excluding steroid dienone is 2. The maximum absolute atomic E-state index is 11.0. The summed E-state index contributed by atoms with van der Waals surface area (Å²) in [5.74, 6) is 0. The molecule has 0 bridgehead atoms. The monoisotopic (exact) mass is 267 g/mol. The normalized spacial score (nSPS) is 8.75. The van der Waals surface area contributed by atoms with Gasteiger partial charge in [-0.3, -0.25) is 10.1 Å². The van der Waals surface area contributed by atoms with Crippen molar-refractivity contribution in [1.29, 1.82) is 15.8 Å². The van der Waals surface area contributed by atoms with Crippen LogP contribution in [0.3, 0.4) is 0 Å². The Bertz CT molecular complexity index is 713. The molecule has 0 radical (unpaired) electrons. The highest BCUT2D eigenvalue weighted by Crippen LogP contribution is 2.31. The summed E-state index contributed by atoms with van der Waals surface area (Å²) in [4.78, 5) is 10.4. The van der Waals surface area contributed by atoms with Gasteiger partial charge in [0.1, 0.15) is 29.6 Å². The maximum Gasteiger partial charge on any atom is 0.292 e. The lowest BCUT2D eigenvalue weighted by molar-refractivity contribution is -0.384. The Morgan fingerprint density at radius 1 is 1.20 bits per heavy atom. The average Bonchev–Trinajstić information content (AvgIpc) is 2.43. The van der Waals surface area contributed by atoms with E-state index >= 15 is 0 Å². The van der Waals surface area contributed by atoms with Crippen LogP contribution in [0.15, 0.2) is 23.4 Å². The number of rotatable bonds is 3. The molecule has 0 aliphatic carbocycles. The molecule has 0 aromatic heterocycles.